The lowest BCUT2D eigenvalue weighted by Crippen LogP contribution is -2.07. The first kappa shape index (κ1) is 14.1. The standard InChI is InChI=1S/C14H17BrFN3/c1-3-10(2)19-7-6-12(18-19)9-17-14-8-11(15)4-5-13(14)16/h4-8,10,17H,3,9H2,1-2H3. The van der Waals surface area contributed by atoms with Crippen LogP contribution in [0.5, 0.6) is 0 Å². The summed E-state index contributed by atoms with van der Waals surface area (Å²) in [6.07, 6.45) is 3.00. The molecule has 0 spiro atoms. The van der Waals surface area contributed by atoms with Crippen LogP contribution >= 0.6 is 15.9 Å². The molecule has 102 valence electrons. The summed E-state index contributed by atoms with van der Waals surface area (Å²) in [5.74, 6) is -0.260. The van der Waals surface area contributed by atoms with Gasteiger partial charge in [-0.25, -0.2) is 4.39 Å². The Hall–Kier alpha value is -1.36. The highest BCUT2D eigenvalue weighted by Gasteiger charge is 2.06. The van der Waals surface area contributed by atoms with Crippen molar-refractivity contribution in [2.75, 3.05) is 5.32 Å². The Bertz CT molecular complexity index is 553. The molecule has 0 aliphatic rings. The monoisotopic (exact) mass is 325 g/mol. The molecule has 0 bridgehead atoms. The Morgan fingerprint density at radius 1 is 1.42 bits per heavy atom. The van der Waals surface area contributed by atoms with Gasteiger partial charge in [-0.15, -0.1) is 0 Å². The van der Waals surface area contributed by atoms with Gasteiger partial charge in [0.15, 0.2) is 0 Å². The van der Waals surface area contributed by atoms with Gasteiger partial charge in [0.05, 0.1) is 17.9 Å². The number of benzene rings is 1. The summed E-state index contributed by atoms with van der Waals surface area (Å²) in [4.78, 5) is 0. The molecule has 0 saturated heterocycles. The van der Waals surface area contributed by atoms with Crippen molar-refractivity contribution in [3.05, 3.63) is 46.4 Å². The third-order valence-corrected chi connectivity index (χ3v) is 3.59. The second-order valence-corrected chi connectivity index (χ2v) is 5.44. The number of hydrogen-bond acceptors (Lipinski definition) is 2. The molecule has 1 aromatic heterocycles. The molecule has 19 heavy (non-hydrogen) atoms. The molecule has 1 heterocycles. The Labute approximate surface area is 121 Å². The van der Waals surface area contributed by atoms with E-state index >= 15 is 0 Å². The van der Waals surface area contributed by atoms with E-state index in [9.17, 15) is 4.39 Å². The van der Waals surface area contributed by atoms with Crippen molar-refractivity contribution in [1.29, 1.82) is 0 Å². The van der Waals surface area contributed by atoms with Crippen LogP contribution in [0.4, 0.5) is 10.1 Å². The SMILES string of the molecule is CCC(C)n1ccc(CNc2cc(Br)ccc2F)n1. The van der Waals surface area contributed by atoms with E-state index in [4.69, 9.17) is 0 Å². The van der Waals surface area contributed by atoms with E-state index in [0.29, 0.717) is 18.3 Å². The summed E-state index contributed by atoms with van der Waals surface area (Å²) in [5, 5.41) is 7.53. The predicted molar refractivity (Wildman–Crippen MR) is 78.7 cm³/mol. The van der Waals surface area contributed by atoms with Crippen molar-refractivity contribution in [1.82, 2.24) is 9.78 Å². The fourth-order valence-corrected chi connectivity index (χ4v) is 2.08. The summed E-state index contributed by atoms with van der Waals surface area (Å²) < 4.78 is 16.3. The maximum Gasteiger partial charge on any atom is 0.146 e. The molecule has 3 nitrogen and oxygen atoms in total. The smallest absolute Gasteiger partial charge is 0.146 e. The third-order valence-electron chi connectivity index (χ3n) is 3.09. The first-order valence-electron chi connectivity index (χ1n) is 6.33. The van der Waals surface area contributed by atoms with Crippen molar-refractivity contribution < 1.29 is 4.39 Å². The minimum atomic E-state index is -0.260. The van der Waals surface area contributed by atoms with E-state index in [1.54, 1.807) is 12.1 Å². The molecule has 0 fully saturated rings. The van der Waals surface area contributed by atoms with Crippen molar-refractivity contribution in [2.24, 2.45) is 0 Å². The number of aromatic nitrogens is 2. The maximum atomic E-state index is 13.6. The van der Waals surface area contributed by atoms with Crippen LogP contribution in [-0.2, 0) is 6.54 Å². The first-order chi connectivity index (χ1) is 9.10. The Morgan fingerprint density at radius 3 is 2.95 bits per heavy atom. The highest BCUT2D eigenvalue weighted by molar-refractivity contribution is 9.10. The van der Waals surface area contributed by atoms with Gasteiger partial charge in [0.2, 0.25) is 0 Å². The molecule has 5 heteroatoms. The summed E-state index contributed by atoms with van der Waals surface area (Å²) in [5.41, 5.74) is 1.38. The number of anilines is 1. The average Bonchev–Trinajstić information content (AvgIpc) is 2.88. The third kappa shape index (κ3) is 3.56. The van der Waals surface area contributed by atoms with Crippen LogP contribution < -0.4 is 5.32 Å². The molecule has 0 aliphatic heterocycles. The van der Waals surface area contributed by atoms with Gasteiger partial charge in [-0.3, -0.25) is 4.68 Å². The van der Waals surface area contributed by atoms with Crippen LogP contribution in [0, 0.1) is 5.82 Å². The lowest BCUT2D eigenvalue weighted by atomic mass is 10.3. The predicted octanol–water partition coefficient (Wildman–Crippen LogP) is 4.37. The zero-order valence-electron chi connectivity index (χ0n) is 11.0. The lowest BCUT2D eigenvalue weighted by Gasteiger charge is -2.09. The maximum absolute atomic E-state index is 13.6. The van der Waals surface area contributed by atoms with Crippen molar-refractivity contribution in [3.8, 4) is 0 Å². The summed E-state index contributed by atoms with van der Waals surface area (Å²) in [6, 6.07) is 7.18. The summed E-state index contributed by atoms with van der Waals surface area (Å²) in [7, 11) is 0. The van der Waals surface area contributed by atoms with Crippen molar-refractivity contribution in [2.45, 2.75) is 32.9 Å². The molecule has 1 aromatic carbocycles. The van der Waals surface area contributed by atoms with Crippen LogP contribution in [0.1, 0.15) is 32.0 Å². The molecule has 1 atom stereocenters. The molecule has 0 saturated carbocycles. The minimum absolute atomic E-state index is 0.260. The number of halogens is 2. The largest absolute Gasteiger partial charge is 0.377 e. The minimum Gasteiger partial charge on any atom is -0.377 e. The summed E-state index contributed by atoms with van der Waals surface area (Å²) in [6.45, 7) is 4.76. The number of nitrogens with one attached hydrogen (secondary N) is 1. The van der Waals surface area contributed by atoms with E-state index in [2.05, 4.69) is 40.2 Å². The van der Waals surface area contributed by atoms with E-state index in [-0.39, 0.29) is 5.82 Å². The molecule has 1 unspecified atom stereocenters. The van der Waals surface area contributed by atoms with Gasteiger partial charge in [0.1, 0.15) is 5.82 Å². The van der Waals surface area contributed by atoms with Gasteiger partial charge < -0.3 is 5.32 Å². The second kappa shape index (κ2) is 6.19. The summed E-state index contributed by atoms with van der Waals surface area (Å²) >= 11 is 3.33. The van der Waals surface area contributed by atoms with E-state index in [1.807, 2.05) is 16.9 Å². The first-order valence-corrected chi connectivity index (χ1v) is 7.12. The highest BCUT2D eigenvalue weighted by Crippen LogP contribution is 2.20. The molecule has 1 N–H and O–H groups in total. The normalized spacial score (nSPS) is 12.4. The Kier molecular flexibility index (Phi) is 4.58. The zero-order valence-corrected chi connectivity index (χ0v) is 12.6. The van der Waals surface area contributed by atoms with Crippen molar-refractivity contribution >= 4 is 21.6 Å². The van der Waals surface area contributed by atoms with Gasteiger partial charge in [-0.2, -0.15) is 5.10 Å². The average molecular weight is 326 g/mol. The van der Waals surface area contributed by atoms with Gasteiger partial charge in [-0.1, -0.05) is 22.9 Å². The van der Waals surface area contributed by atoms with Crippen molar-refractivity contribution in [3.63, 3.8) is 0 Å². The van der Waals surface area contributed by atoms with Crippen LogP contribution in [-0.4, -0.2) is 9.78 Å². The van der Waals surface area contributed by atoms with Gasteiger partial charge in [0, 0.05) is 16.7 Å². The zero-order chi connectivity index (χ0) is 13.8. The fraction of sp³-hybridized carbons (Fsp3) is 0.357. The topological polar surface area (TPSA) is 29.9 Å². The van der Waals surface area contributed by atoms with Gasteiger partial charge in [-0.05, 0) is 37.6 Å². The van der Waals surface area contributed by atoms with Crippen LogP contribution in [0.3, 0.4) is 0 Å². The van der Waals surface area contributed by atoms with E-state index < -0.39 is 0 Å². The second-order valence-electron chi connectivity index (χ2n) is 4.52. The number of nitrogens with zero attached hydrogens (tertiary/aromatic N) is 2. The quantitative estimate of drug-likeness (QED) is 0.884. The lowest BCUT2D eigenvalue weighted by molar-refractivity contribution is 0.474. The Morgan fingerprint density at radius 2 is 2.21 bits per heavy atom. The van der Waals surface area contributed by atoms with Crippen LogP contribution in [0.25, 0.3) is 0 Å². The molecular formula is C14H17BrFN3. The van der Waals surface area contributed by atoms with Crippen LogP contribution in [0.2, 0.25) is 0 Å². The highest BCUT2D eigenvalue weighted by atomic mass is 79.9. The molecule has 0 amide bonds. The van der Waals surface area contributed by atoms with Gasteiger partial charge in [0.25, 0.3) is 0 Å². The molecular weight excluding hydrogens is 309 g/mol. The molecule has 0 aliphatic carbocycles. The fourth-order valence-electron chi connectivity index (χ4n) is 1.72. The molecule has 0 radical (unpaired) electrons. The number of hydrogen-bond donors (Lipinski definition) is 1. The number of rotatable bonds is 5. The van der Waals surface area contributed by atoms with E-state index in [1.165, 1.54) is 6.07 Å². The molecule has 2 aromatic rings. The van der Waals surface area contributed by atoms with E-state index in [0.717, 1.165) is 16.6 Å². The molecule has 2 rings (SSSR count). The van der Waals surface area contributed by atoms with Gasteiger partial charge >= 0.3 is 0 Å². The Balaban J connectivity index is 2.02. The van der Waals surface area contributed by atoms with Crippen LogP contribution in [0.15, 0.2) is 34.9 Å².